The Bertz CT molecular complexity index is 808. The van der Waals surface area contributed by atoms with Gasteiger partial charge in [-0.2, -0.15) is 5.10 Å². The molecule has 0 saturated heterocycles. The van der Waals surface area contributed by atoms with E-state index in [9.17, 15) is 4.79 Å². The van der Waals surface area contributed by atoms with Crippen molar-refractivity contribution in [3.8, 4) is 5.69 Å². The fourth-order valence-corrected chi connectivity index (χ4v) is 3.53. The van der Waals surface area contributed by atoms with Crippen LogP contribution < -0.4 is 5.32 Å². The number of aromatic nitrogens is 4. The maximum absolute atomic E-state index is 12.6. The van der Waals surface area contributed by atoms with Gasteiger partial charge in [-0.25, -0.2) is 4.68 Å². The zero-order valence-electron chi connectivity index (χ0n) is 13.6. The molecule has 0 atom stereocenters. The minimum Gasteiger partial charge on any atom is -0.296 e. The van der Waals surface area contributed by atoms with Crippen molar-refractivity contribution in [3.05, 3.63) is 53.3 Å². The van der Waals surface area contributed by atoms with Crippen LogP contribution in [0.15, 0.2) is 42.7 Å². The fraction of sp³-hybridized carbons (Fsp3) is 0.294. The van der Waals surface area contributed by atoms with Gasteiger partial charge in [0.25, 0.3) is 5.91 Å². The average molecular weight is 341 g/mol. The van der Waals surface area contributed by atoms with Crippen LogP contribution in [-0.2, 0) is 0 Å². The second-order valence-electron chi connectivity index (χ2n) is 5.38. The summed E-state index contributed by atoms with van der Waals surface area (Å²) in [6, 6.07) is 9.16. The van der Waals surface area contributed by atoms with Gasteiger partial charge in [0.05, 0.1) is 11.3 Å². The lowest BCUT2D eigenvalue weighted by Crippen LogP contribution is -2.15. The highest BCUT2D eigenvalue weighted by atomic mass is 32.1. The number of amides is 1. The third kappa shape index (κ3) is 3.35. The normalized spacial score (nSPS) is 11.0. The average Bonchev–Trinajstić information content (AvgIpc) is 3.28. The first-order valence-electron chi connectivity index (χ1n) is 7.96. The molecule has 0 fully saturated rings. The van der Waals surface area contributed by atoms with Crippen molar-refractivity contribution < 1.29 is 4.79 Å². The molecule has 7 heteroatoms. The van der Waals surface area contributed by atoms with E-state index in [1.165, 1.54) is 11.3 Å². The Morgan fingerprint density at radius 3 is 2.71 bits per heavy atom. The molecule has 2 aromatic heterocycles. The van der Waals surface area contributed by atoms with E-state index < -0.39 is 0 Å². The van der Waals surface area contributed by atoms with Gasteiger partial charge in [-0.3, -0.25) is 10.1 Å². The molecule has 0 unspecified atom stereocenters. The van der Waals surface area contributed by atoms with Crippen molar-refractivity contribution in [3.63, 3.8) is 0 Å². The van der Waals surface area contributed by atoms with Gasteiger partial charge < -0.3 is 0 Å². The lowest BCUT2D eigenvalue weighted by molar-refractivity contribution is 0.102. The van der Waals surface area contributed by atoms with Gasteiger partial charge >= 0.3 is 0 Å². The first-order chi connectivity index (χ1) is 11.7. The number of nitrogens with zero attached hydrogens (tertiary/aromatic N) is 4. The van der Waals surface area contributed by atoms with Gasteiger partial charge in [0.1, 0.15) is 5.01 Å². The third-order valence-electron chi connectivity index (χ3n) is 3.90. The van der Waals surface area contributed by atoms with E-state index in [1.807, 2.05) is 30.5 Å². The molecule has 0 aliphatic carbocycles. The lowest BCUT2D eigenvalue weighted by Gasteiger charge is -2.08. The molecule has 3 aromatic rings. The van der Waals surface area contributed by atoms with E-state index in [4.69, 9.17) is 0 Å². The standard InChI is InChI=1S/C17H19N5OS/c1-3-12(4-2)16-20-21-17(24-16)19-15(23)13-8-5-6-9-14(13)22-11-7-10-18-22/h5-12H,3-4H2,1-2H3,(H,19,21,23). The molecule has 0 saturated carbocycles. The summed E-state index contributed by atoms with van der Waals surface area (Å²) in [5.74, 6) is 0.179. The number of para-hydroxylation sites is 1. The second kappa shape index (κ2) is 7.35. The van der Waals surface area contributed by atoms with Crippen LogP contribution in [0, 0.1) is 0 Å². The van der Waals surface area contributed by atoms with Crippen molar-refractivity contribution in [1.82, 2.24) is 20.0 Å². The van der Waals surface area contributed by atoms with Crippen molar-refractivity contribution >= 4 is 22.4 Å². The fourth-order valence-electron chi connectivity index (χ4n) is 2.53. The van der Waals surface area contributed by atoms with Crippen molar-refractivity contribution in [2.75, 3.05) is 5.32 Å². The predicted molar refractivity (Wildman–Crippen MR) is 94.7 cm³/mol. The molecule has 1 amide bonds. The number of nitrogens with one attached hydrogen (secondary N) is 1. The summed E-state index contributed by atoms with van der Waals surface area (Å²) in [7, 11) is 0. The maximum atomic E-state index is 12.6. The molecule has 6 nitrogen and oxygen atoms in total. The second-order valence-corrected chi connectivity index (χ2v) is 6.39. The Morgan fingerprint density at radius 2 is 2.00 bits per heavy atom. The molecular weight excluding hydrogens is 322 g/mol. The molecule has 0 radical (unpaired) electrons. The summed E-state index contributed by atoms with van der Waals surface area (Å²) in [5, 5.41) is 16.9. The smallest absolute Gasteiger partial charge is 0.259 e. The Morgan fingerprint density at radius 1 is 1.21 bits per heavy atom. The Kier molecular flexibility index (Phi) is 5.00. The van der Waals surface area contributed by atoms with Crippen LogP contribution in [-0.4, -0.2) is 25.9 Å². The first kappa shape index (κ1) is 16.3. The Labute approximate surface area is 144 Å². The van der Waals surface area contributed by atoms with E-state index in [-0.39, 0.29) is 5.91 Å². The van der Waals surface area contributed by atoms with E-state index in [1.54, 1.807) is 16.9 Å². The summed E-state index contributed by atoms with van der Waals surface area (Å²) < 4.78 is 1.67. The topological polar surface area (TPSA) is 72.7 Å². The molecule has 124 valence electrons. The molecule has 0 aliphatic rings. The number of hydrogen-bond acceptors (Lipinski definition) is 5. The molecule has 1 N–H and O–H groups in total. The van der Waals surface area contributed by atoms with Gasteiger partial charge in [-0.1, -0.05) is 37.3 Å². The van der Waals surface area contributed by atoms with Crippen LogP contribution in [0.1, 0.15) is 48.0 Å². The lowest BCUT2D eigenvalue weighted by atomic mass is 10.1. The van der Waals surface area contributed by atoms with Crippen LogP contribution in [0.5, 0.6) is 0 Å². The maximum Gasteiger partial charge on any atom is 0.259 e. The van der Waals surface area contributed by atoms with Gasteiger partial charge in [0.2, 0.25) is 5.13 Å². The molecule has 24 heavy (non-hydrogen) atoms. The Balaban J connectivity index is 1.81. The third-order valence-corrected chi connectivity index (χ3v) is 4.90. The van der Waals surface area contributed by atoms with Gasteiger partial charge in [0.15, 0.2) is 0 Å². The summed E-state index contributed by atoms with van der Waals surface area (Å²) in [5.41, 5.74) is 1.27. The highest BCUT2D eigenvalue weighted by molar-refractivity contribution is 7.15. The van der Waals surface area contributed by atoms with Crippen LogP contribution in [0.25, 0.3) is 5.69 Å². The summed E-state index contributed by atoms with van der Waals surface area (Å²) in [4.78, 5) is 12.6. The molecule has 0 spiro atoms. The van der Waals surface area contributed by atoms with Gasteiger partial charge in [-0.05, 0) is 31.0 Å². The SMILES string of the molecule is CCC(CC)c1nnc(NC(=O)c2ccccc2-n2cccn2)s1. The van der Waals surface area contributed by atoms with E-state index in [0.29, 0.717) is 16.6 Å². The quantitative estimate of drug-likeness (QED) is 0.738. The predicted octanol–water partition coefficient (Wildman–Crippen LogP) is 3.88. The molecule has 3 rings (SSSR count). The monoisotopic (exact) mass is 341 g/mol. The molecule has 0 bridgehead atoms. The van der Waals surface area contributed by atoms with Crippen molar-refractivity contribution in [2.24, 2.45) is 0 Å². The first-order valence-corrected chi connectivity index (χ1v) is 8.78. The number of anilines is 1. The number of benzene rings is 1. The zero-order chi connectivity index (χ0) is 16.9. The number of hydrogen-bond donors (Lipinski definition) is 1. The van der Waals surface area contributed by atoms with Crippen LogP contribution in [0.4, 0.5) is 5.13 Å². The number of carbonyl (C=O) groups is 1. The van der Waals surface area contributed by atoms with Gasteiger partial charge in [-0.15, -0.1) is 10.2 Å². The molecule has 0 aliphatic heterocycles. The Hall–Kier alpha value is -2.54. The molecule has 2 heterocycles. The minimum absolute atomic E-state index is 0.214. The summed E-state index contributed by atoms with van der Waals surface area (Å²) in [6.45, 7) is 4.27. The van der Waals surface area contributed by atoms with Crippen molar-refractivity contribution in [1.29, 1.82) is 0 Å². The summed E-state index contributed by atoms with van der Waals surface area (Å²) >= 11 is 1.44. The highest BCUT2D eigenvalue weighted by Gasteiger charge is 2.17. The van der Waals surface area contributed by atoms with Crippen LogP contribution in [0.2, 0.25) is 0 Å². The minimum atomic E-state index is -0.214. The summed E-state index contributed by atoms with van der Waals surface area (Å²) in [6.07, 6.45) is 5.52. The largest absolute Gasteiger partial charge is 0.296 e. The highest BCUT2D eigenvalue weighted by Crippen LogP contribution is 2.28. The molecule has 1 aromatic carbocycles. The van der Waals surface area contributed by atoms with E-state index in [0.717, 1.165) is 23.5 Å². The van der Waals surface area contributed by atoms with E-state index >= 15 is 0 Å². The zero-order valence-corrected chi connectivity index (χ0v) is 14.5. The van der Waals surface area contributed by atoms with Gasteiger partial charge in [0, 0.05) is 18.3 Å². The number of rotatable bonds is 6. The molecular formula is C17H19N5OS. The van der Waals surface area contributed by atoms with Crippen LogP contribution in [0.3, 0.4) is 0 Å². The van der Waals surface area contributed by atoms with Crippen LogP contribution >= 0.6 is 11.3 Å². The van der Waals surface area contributed by atoms with Crippen molar-refractivity contribution in [2.45, 2.75) is 32.6 Å². The van der Waals surface area contributed by atoms with E-state index in [2.05, 4.69) is 34.5 Å². The number of carbonyl (C=O) groups excluding carboxylic acids is 1.